The molecule has 2 saturated carbocycles. The van der Waals surface area contributed by atoms with Crippen molar-refractivity contribution in [3.63, 3.8) is 0 Å². The molecule has 0 aromatic rings. The van der Waals surface area contributed by atoms with Gasteiger partial charge >= 0.3 is 6.03 Å². The van der Waals surface area contributed by atoms with Gasteiger partial charge in [-0.25, -0.2) is 4.79 Å². The largest absolute Gasteiger partial charge is 0.323 e. The predicted molar refractivity (Wildman–Crippen MR) is 72.6 cm³/mol. The van der Waals surface area contributed by atoms with Crippen molar-refractivity contribution in [1.29, 1.82) is 0 Å². The van der Waals surface area contributed by atoms with Crippen molar-refractivity contribution in [2.75, 3.05) is 0 Å². The SMILES string of the molecule is O=C1NC(=O)C(C2CCCCC2)(C2CCCCC2)N1. The molecule has 1 aliphatic heterocycles. The van der Waals surface area contributed by atoms with Crippen LogP contribution in [0.25, 0.3) is 0 Å². The Labute approximate surface area is 114 Å². The molecule has 1 heterocycles. The van der Waals surface area contributed by atoms with E-state index in [1.54, 1.807) is 0 Å². The fraction of sp³-hybridized carbons (Fsp3) is 0.867. The lowest BCUT2D eigenvalue weighted by Crippen LogP contribution is -2.59. The Bertz CT molecular complexity index is 350. The second-order valence-electron chi connectivity index (χ2n) is 6.45. The number of nitrogens with one attached hydrogen (secondary N) is 2. The fourth-order valence-electron chi connectivity index (χ4n) is 4.51. The van der Waals surface area contributed by atoms with E-state index in [1.165, 1.54) is 38.5 Å². The van der Waals surface area contributed by atoms with Crippen LogP contribution in [-0.4, -0.2) is 17.5 Å². The Kier molecular flexibility index (Phi) is 3.50. The highest BCUT2D eigenvalue weighted by atomic mass is 16.2. The molecule has 3 fully saturated rings. The molecule has 3 aliphatic rings. The van der Waals surface area contributed by atoms with Crippen LogP contribution in [0.3, 0.4) is 0 Å². The van der Waals surface area contributed by atoms with E-state index in [0.29, 0.717) is 11.8 Å². The quantitative estimate of drug-likeness (QED) is 0.753. The number of rotatable bonds is 2. The lowest BCUT2D eigenvalue weighted by Gasteiger charge is -2.44. The topological polar surface area (TPSA) is 58.2 Å². The van der Waals surface area contributed by atoms with Gasteiger partial charge in [0.15, 0.2) is 0 Å². The average Bonchev–Trinajstić information content (AvgIpc) is 2.76. The maximum absolute atomic E-state index is 12.5. The van der Waals surface area contributed by atoms with Crippen molar-refractivity contribution in [2.45, 2.75) is 69.7 Å². The predicted octanol–water partition coefficient (Wildman–Crippen LogP) is 2.73. The van der Waals surface area contributed by atoms with Gasteiger partial charge in [-0.05, 0) is 37.5 Å². The monoisotopic (exact) mass is 264 g/mol. The highest BCUT2D eigenvalue weighted by Gasteiger charge is 2.56. The minimum atomic E-state index is -0.585. The summed E-state index contributed by atoms with van der Waals surface area (Å²) < 4.78 is 0. The van der Waals surface area contributed by atoms with Gasteiger partial charge in [0.1, 0.15) is 5.54 Å². The summed E-state index contributed by atoms with van der Waals surface area (Å²) in [5.74, 6) is 0.642. The molecule has 4 nitrogen and oxygen atoms in total. The summed E-state index contributed by atoms with van der Waals surface area (Å²) >= 11 is 0. The Balaban J connectivity index is 1.89. The van der Waals surface area contributed by atoms with Crippen molar-refractivity contribution in [1.82, 2.24) is 10.6 Å². The smallest absolute Gasteiger partial charge is 0.322 e. The number of imide groups is 1. The molecule has 0 aromatic carbocycles. The average molecular weight is 264 g/mol. The van der Waals surface area contributed by atoms with Gasteiger partial charge in [-0.2, -0.15) is 0 Å². The van der Waals surface area contributed by atoms with Crippen LogP contribution in [-0.2, 0) is 4.79 Å². The summed E-state index contributed by atoms with van der Waals surface area (Å²) in [5.41, 5.74) is -0.585. The normalized spacial score (nSPS) is 29.1. The van der Waals surface area contributed by atoms with Gasteiger partial charge in [-0.3, -0.25) is 10.1 Å². The summed E-state index contributed by atoms with van der Waals surface area (Å²) in [6, 6.07) is -0.277. The third-order valence-electron chi connectivity index (χ3n) is 5.42. The van der Waals surface area contributed by atoms with E-state index in [9.17, 15) is 9.59 Å². The first-order chi connectivity index (χ1) is 9.23. The van der Waals surface area contributed by atoms with E-state index in [4.69, 9.17) is 0 Å². The molecule has 1 saturated heterocycles. The van der Waals surface area contributed by atoms with E-state index in [0.717, 1.165) is 25.7 Å². The number of amides is 3. The molecule has 106 valence electrons. The van der Waals surface area contributed by atoms with Gasteiger partial charge in [0, 0.05) is 0 Å². The van der Waals surface area contributed by atoms with Crippen LogP contribution in [0, 0.1) is 11.8 Å². The van der Waals surface area contributed by atoms with Gasteiger partial charge in [-0.1, -0.05) is 38.5 Å². The van der Waals surface area contributed by atoms with E-state index in [-0.39, 0.29) is 11.9 Å². The molecule has 0 atom stereocenters. The molecule has 0 radical (unpaired) electrons. The van der Waals surface area contributed by atoms with Crippen molar-refractivity contribution in [2.24, 2.45) is 11.8 Å². The maximum Gasteiger partial charge on any atom is 0.322 e. The van der Waals surface area contributed by atoms with Gasteiger partial charge in [0.25, 0.3) is 5.91 Å². The standard InChI is InChI=1S/C15H24N2O2/c18-13-15(17-14(19)16-13,11-7-3-1-4-8-11)12-9-5-2-6-10-12/h11-12H,1-10H2,(H2,16,17,18,19). The number of urea groups is 1. The Morgan fingerprint density at radius 2 is 1.26 bits per heavy atom. The van der Waals surface area contributed by atoms with E-state index in [1.807, 2.05) is 0 Å². The third-order valence-corrected chi connectivity index (χ3v) is 5.42. The second kappa shape index (κ2) is 5.14. The zero-order chi connectivity index (χ0) is 13.3. The van der Waals surface area contributed by atoms with Crippen LogP contribution in [0.15, 0.2) is 0 Å². The van der Waals surface area contributed by atoms with Gasteiger partial charge < -0.3 is 5.32 Å². The molecule has 4 heteroatoms. The molecule has 0 aromatic heterocycles. The highest BCUT2D eigenvalue weighted by Crippen LogP contribution is 2.44. The Morgan fingerprint density at radius 1 is 0.789 bits per heavy atom. The lowest BCUT2D eigenvalue weighted by molar-refractivity contribution is -0.129. The minimum absolute atomic E-state index is 0.0451. The van der Waals surface area contributed by atoms with Gasteiger partial charge in [-0.15, -0.1) is 0 Å². The zero-order valence-electron chi connectivity index (χ0n) is 11.5. The lowest BCUT2D eigenvalue weighted by atomic mass is 9.64. The highest BCUT2D eigenvalue weighted by molar-refractivity contribution is 6.07. The molecule has 0 spiro atoms. The molecular formula is C15H24N2O2. The minimum Gasteiger partial charge on any atom is -0.323 e. The first-order valence-electron chi connectivity index (χ1n) is 7.87. The first kappa shape index (κ1) is 12.9. The van der Waals surface area contributed by atoms with Crippen LogP contribution in [0.2, 0.25) is 0 Å². The number of hydrogen-bond donors (Lipinski definition) is 2. The van der Waals surface area contributed by atoms with E-state index < -0.39 is 5.54 Å². The number of hydrogen-bond acceptors (Lipinski definition) is 2. The first-order valence-corrected chi connectivity index (χ1v) is 7.87. The van der Waals surface area contributed by atoms with Crippen LogP contribution in [0.1, 0.15) is 64.2 Å². The second-order valence-corrected chi connectivity index (χ2v) is 6.45. The molecular weight excluding hydrogens is 240 g/mol. The fourth-order valence-corrected chi connectivity index (χ4v) is 4.51. The number of carbonyl (C=O) groups is 2. The van der Waals surface area contributed by atoms with E-state index >= 15 is 0 Å². The van der Waals surface area contributed by atoms with Crippen molar-refractivity contribution < 1.29 is 9.59 Å². The summed E-state index contributed by atoms with van der Waals surface area (Å²) in [6.07, 6.45) is 11.7. The summed E-state index contributed by atoms with van der Waals surface area (Å²) in [5, 5.41) is 5.57. The van der Waals surface area contributed by atoms with Crippen molar-refractivity contribution in [3.05, 3.63) is 0 Å². The van der Waals surface area contributed by atoms with Gasteiger partial charge in [0.05, 0.1) is 0 Å². The summed E-state index contributed by atoms with van der Waals surface area (Å²) in [4.78, 5) is 24.2. The van der Waals surface area contributed by atoms with Crippen LogP contribution in [0.4, 0.5) is 4.79 Å². The number of carbonyl (C=O) groups excluding carboxylic acids is 2. The Morgan fingerprint density at radius 3 is 1.63 bits per heavy atom. The van der Waals surface area contributed by atoms with E-state index in [2.05, 4.69) is 10.6 Å². The molecule has 3 rings (SSSR count). The summed E-state index contributed by atoms with van der Waals surface area (Å²) in [6.45, 7) is 0. The Hall–Kier alpha value is -1.06. The maximum atomic E-state index is 12.5. The van der Waals surface area contributed by atoms with Crippen LogP contribution >= 0.6 is 0 Å². The zero-order valence-corrected chi connectivity index (χ0v) is 11.5. The van der Waals surface area contributed by atoms with Crippen LogP contribution in [0.5, 0.6) is 0 Å². The molecule has 19 heavy (non-hydrogen) atoms. The van der Waals surface area contributed by atoms with Crippen molar-refractivity contribution in [3.8, 4) is 0 Å². The molecule has 0 unspecified atom stereocenters. The van der Waals surface area contributed by atoms with Crippen molar-refractivity contribution >= 4 is 11.9 Å². The molecule has 3 amide bonds. The van der Waals surface area contributed by atoms with Crippen LogP contribution < -0.4 is 10.6 Å². The van der Waals surface area contributed by atoms with Gasteiger partial charge in [0.2, 0.25) is 0 Å². The molecule has 0 bridgehead atoms. The third kappa shape index (κ3) is 2.15. The molecule has 2 aliphatic carbocycles. The summed E-state index contributed by atoms with van der Waals surface area (Å²) in [7, 11) is 0. The molecule has 2 N–H and O–H groups in total.